The van der Waals surface area contributed by atoms with E-state index in [9.17, 15) is 9.59 Å². The highest BCUT2D eigenvalue weighted by Gasteiger charge is 2.18. The summed E-state index contributed by atoms with van der Waals surface area (Å²) in [5.41, 5.74) is 3.08. The molecule has 2 rings (SSSR count). The second-order valence-corrected chi connectivity index (χ2v) is 6.81. The Hall–Kier alpha value is -2.42. The van der Waals surface area contributed by atoms with Gasteiger partial charge in [-0.2, -0.15) is 4.68 Å². The van der Waals surface area contributed by atoms with Crippen LogP contribution in [-0.2, 0) is 9.59 Å². The number of likely N-dealkylation sites (N-methyl/N-ethyl adjacent to an activating group) is 2. The number of aromatic nitrogens is 4. The molecule has 1 aromatic heterocycles. The molecule has 0 radical (unpaired) electrons. The molecule has 0 saturated carbocycles. The molecule has 1 aromatic carbocycles. The Kier molecular flexibility index (Phi) is 7.14. The van der Waals surface area contributed by atoms with Crippen molar-refractivity contribution in [1.29, 1.82) is 0 Å². The number of carbonyl (C=O) groups is 2. The first-order valence-corrected chi connectivity index (χ1v) is 9.47. The van der Waals surface area contributed by atoms with Crippen LogP contribution >= 0.6 is 11.8 Å². The second-order valence-electron chi connectivity index (χ2n) is 5.87. The molecule has 1 heterocycles. The number of nitrogens with zero attached hydrogens (tertiary/aromatic N) is 5. The summed E-state index contributed by atoms with van der Waals surface area (Å²) in [5, 5.41) is 15.0. The minimum atomic E-state index is -0.159. The maximum absolute atomic E-state index is 12.4. The Balaban J connectivity index is 2.05. The highest BCUT2D eigenvalue weighted by molar-refractivity contribution is 7.99. The van der Waals surface area contributed by atoms with Gasteiger partial charge in [-0.15, -0.1) is 5.10 Å². The molecule has 8 nitrogen and oxygen atoms in total. The molecular weight excluding hydrogens is 352 g/mol. The van der Waals surface area contributed by atoms with Gasteiger partial charge >= 0.3 is 0 Å². The molecule has 140 valence electrons. The number of benzene rings is 1. The van der Waals surface area contributed by atoms with Crippen molar-refractivity contribution in [3.05, 3.63) is 29.3 Å². The van der Waals surface area contributed by atoms with Crippen molar-refractivity contribution >= 4 is 23.6 Å². The summed E-state index contributed by atoms with van der Waals surface area (Å²) >= 11 is 1.26. The van der Waals surface area contributed by atoms with Gasteiger partial charge in [0.25, 0.3) is 0 Å². The van der Waals surface area contributed by atoms with E-state index in [1.54, 1.807) is 4.68 Å². The molecule has 9 heteroatoms. The molecule has 0 aliphatic heterocycles. The number of rotatable bonds is 8. The van der Waals surface area contributed by atoms with Crippen molar-refractivity contribution < 1.29 is 9.59 Å². The third kappa shape index (κ3) is 5.29. The molecule has 0 aliphatic carbocycles. The SMILES string of the molecule is CCNC(=O)CN(CC)C(=O)CSc1nnnn1-c1cc(C)cc(C)c1. The molecule has 0 saturated heterocycles. The molecule has 26 heavy (non-hydrogen) atoms. The normalized spacial score (nSPS) is 10.6. The van der Waals surface area contributed by atoms with E-state index in [-0.39, 0.29) is 24.1 Å². The number of hydrogen-bond donors (Lipinski definition) is 1. The zero-order valence-corrected chi connectivity index (χ0v) is 16.3. The van der Waals surface area contributed by atoms with Crippen molar-refractivity contribution in [2.24, 2.45) is 0 Å². The van der Waals surface area contributed by atoms with Gasteiger partial charge in [-0.3, -0.25) is 9.59 Å². The van der Waals surface area contributed by atoms with Crippen LogP contribution in [0, 0.1) is 13.8 Å². The third-order valence-electron chi connectivity index (χ3n) is 3.66. The fourth-order valence-electron chi connectivity index (χ4n) is 2.52. The van der Waals surface area contributed by atoms with E-state index in [1.807, 2.05) is 39.8 Å². The van der Waals surface area contributed by atoms with Gasteiger partial charge in [0, 0.05) is 13.1 Å². The number of aryl methyl sites for hydroxylation is 2. The standard InChI is InChI=1S/C17H24N6O2S/c1-5-18-15(24)10-22(6-2)16(25)11-26-17-19-20-21-23(17)14-8-12(3)7-13(4)9-14/h7-9H,5-6,10-11H2,1-4H3,(H,18,24). The molecule has 2 aromatic rings. The predicted molar refractivity (Wildman–Crippen MR) is 100 cm³/mol. The Morgan fingerprint density at radius 2 is 1.88 bits per heavy atom. The molecule has 0 aliphatic rings. The van der Waals surface area contributed by atoms with E-state index in [0.29, 0.717) is 18.2 Å². The van der Waals surface area contributed by atoms with Crippen LogP contribution in [0.5, 0.6) is 0 Å². The average molecular weight is 376 g/mol. The fraction of sp³-hybridized carbons (Fsp3) is 0.471. The highest BCUT2D eigenvalue weighted by atomic mass is 32.2. The monoisotopic (exact) mass is 376 g/mol. The number of hydrogen-bond acceptors (Lipinski definition) is 6. The van der Waals surface area contributed by atoms with Crippen molar-refractivity contribution in [3.63, 3.8) is 0 Å². The lowest BCUT2D eigenvalue weighted by atomic mass is 10.1. The summed E-state index contributed by atoms with van der Waals surface area (Å²) in [7, 11) is 0. The van der Waals surface area contributed by atoms with Crippen molar-refractivity contribution in [3.8, 4) is 5.69 Å². The topological polar surface area (TPSA) is 93.0 Å². The fourth-order valence-corrected chi connectivity index (χ4v) is 3.32. The van der Waals surface area contributed by atoms with Crippen molar-refractivity contribution in [2.45, 2.75) is 32.9 Å². The lowest BCUT2D eigenvalue weighted by Crippen LogP contribution is -2.41. The predicted octanol–water partition coefficient (Wildman–Crippen LogP) is 1.36. The Bertz CT molecular complexity index is 756. The van der Waals surface area contributed by atoms with Crippen LogP contribution in [0.15, 0.2) is 23.4 Å². The minimum Gasteiger partial charge on any atom is -0.355 e. The summed E-state index contributed by atoms with van der Waals surface area (Å²) < 4.78 is 1.62. The molecule has 0 fully saturated rings. The van der Waals surface area contributed by atoms with Gasteiger partial charge in [-0.25, -0.2) is 0 Å². The van der Waals surface area contributed by atoms with Gasteiger partial charge in [0.05, 0.1) is 18.0 Å². The number of tetrazole rings is 1. The van der Waals surface area contributed by atoms with E-state index in [2.05, 4.69) is 26.9 Å². The second kappa shape index (κ2) is 9.33. The maximum atomic E-state index is 12.4. The molecule has 0 spiro atoms. The van der Waals surface area contributed by atoms with Crippen LogP contribution in [0.4, 0.5) is 0 Å². The quantitative estimate of drug-likeness (QED) is 0.699. The van der Waals surface area contributed by atoms with Crippen LogP contribution in [0.1, 0.15) is 25.0 Å². The van der Waals surface area contributed by atoms with E-state index >= 15 is 0 Å². The average Bonchev–Trinajstić information content (AvgIpc) is 3.05. The summed E-state index contributed by atoms with van der Waals surface area (Å²) in [4.78, 5) is 25.6. The van der Waals surface area contributed by atoms with Gasteiger partial charge < -0.3 is 10.2 Å². The minimum absolute atomic E-state index is 0.0613. The van der Waals surface area contributed by atoms with Crippen LogP contribution < -0.4 is 5.32 Å². The maximum Gasteiger partial charge on any atom is 0.239 e. The smallest absolute Gasteiger partial charge is 0.239 e. The Morgan fingerprint density at radius 3 is 2.50 bits per heavy atom. The number of nitrogens with one attached hydrogen (secondary N) is 1. The van der Waals surface area contributed by atoms with Gasteiger partial charge in [0.1, 0.15) is 0 Å². The van der Waals surface area contributed by atoms with Crippen LogP contribution in [0.25, 0.3) is 5.69 Å². The Labute approximate surface area is 157 Å². The first-order valence-electron chi connectivity index (χ1n) is 8.48. The van der Waals surface area contributed by atoms with Crippen molar-refractivity contribution in [1.82, 2.24) is 30.4 Å². The zero-order chi connectivity index (χ0) is 19.1. The molecule has 0 bridgehead atoms. The number of carbonyl (C=O) groups excluding carboxylic acids is 2. The summed E-state index contributed by atoms with van der Waals surface area (Å²) in [6.45, 7) is 8.80. The van der Waals surface area contributed by atoms with Crippen molar-refractivity contribution in [2.75, 3.05) is 25.4 Å². The lowest BCUT2D eigenvalue weighted by molar-refractivity contribution is -0.133. The van der Waals surface area contributed by atoms with E-state index in [0.717, 1.165) is 16.8 Å². The molecular formula is C17H24N6O2S. The van der Waals surface area contributed by atoms with E-state index in [1.165, 1.54) is 16.7 Å². The van der Waals surface area contributed by atoms with Gasteiger partial charge in [-0.1, -0.05) is 17.8 Å². The van der Waals surface area contributed by atoms with Crippen LogP contribution in [0.2, 0.25) is 0 Å². The number of amides is 2. The zero-order valence-electron chi connectivity index (χ0n) is 15.5. The summed E-state index contributed by atoms with van der Waals surface area (Å²) in [6.07, 6.45) is 0. The highest BCUT2D eigenvalue weighted by Crippen LogP contribution is 2.20. The largest absolute Gasteiger partial charge is 0.355 e. The van der Waals surface area contributed by atoms with Crippen LogP contribution in [0.3, 0.4) is 0 Å². The summed E-state index contributed by atoms with van der Waals surface area (Å²) in [6, 6.07) is 6.05. The van der Waals surface area contributed by atoms with E-state index in [4.69, 9.17) is 0 Å². The third-order valence-corrected chi connectivity index (χ3v) is 4.56. The van der Waals surface area contributed by atoms with Gasteiger partial charge in [-0.05, 0) is 61.4 Å². The molecule has 0 atom stereocenters. The van der Waals surface area contributed by atoms with E-state index < -0.39 is 0 Å². The molecule has 2 amide bonds. The lowest BCUT2D eigenvalue weighted by Gasteiger charge is -2.19. The van der Waals surface area contributed by atoms with Gasteiger partial charge in [0.2, 0.25) is 17.0 Å². The first kappa shape index (κ1) is 19.9. The Morgan fingerprint density at radius 1 is 1.19 bits per heavy atom. The van der Waals surface area contributed by atoms with Gasteiger partial charge in [0.15, 0.2) is 0 Å². The summed E-state index contributed by atoms with van der Waals surface area (Å²) in [5.74, 6) is -0.121. The number of thioether (sulfide) groups is 1. The first-order chi connectivity index (χ1) is 12.4. The molecule has 1 N–H and O–H groups in total. The van der Waals surface area contributed by atoms with Crippen LogP contribution in [-0.4, -0.2) is 62.3 Å². The molecule has 0 unspecified atom stereocenters.